The summed E-state index contributed by atoms with van der Waals surface area (Å²) in [4.78, 5) is 16.4. The van der Waals surface area contributed by atoms with Gasteiger partial charge in [-0.1, -0.05) is 22.9 Å². The topological polar surface area (TPSA) is 54.0 Å². The first-order valence-corrected chi connectivity index (χ1v) is 7.16. The van der Waals surface area contributed by atoms with Crippen molar-refractivity contribution in [3.8, 4) is 0 Å². The number of nitrogens with one attached hydrogen (secondary N) is 2. The van der Waals surface area contributed by atoms with E-state index in [0.717, 1.165) is 22.1 Å². The molecule has 0 fully saturated rings. The standard InChI is InChI=1S/C15H16BrN3O/c1-3-10-8-11(16)4-5-13(10)19-15(20)12-6-7-18-9-14(12)17-2/h4-9,17H,3H2,1-2H3,(H,19,20). The van der Waals surface area contributed by atoms with Crippen LogP contribution in [0.3, 0.4) is 0 Å². The Kier molecular flexibility index (Phi) is 4.74. The van der Waals surface area contributed by atoms with Crippen LogP contribution >= 0.6 is 15.9 Å². The van der Waals surface area contributed by atoms with E-state index in [1.807, 2.05) is 18.2 Å². The SMILES string of the molecule is CCc1cc(Br)ccc1NC(=O)c1ccncc1NC. The molecule has 2 N–H and O–H groups in total. The quantitative estimate of drug-likeness (QED) is 0.896. The van der Waals surface area contributed by atoms with E-state index in [4.69, 9.17) is 0 Å². The number of halogens is 1. The Bertz CT molecular complexity index is 628. The third-order valence-electron chi connectivity index (χ3n) is 3.03. The van der Waals surface area contributed by atoms with Gasteiger partial charge in [0, 0.05) is 23.4 Å². The Morgan fingerprint density at radius 3 is 2.80 bits per heavy atom. The number of hydrogen-bond donors (Lipinski definition) is 2. The lowest BCUT2D eigenvalue weighted by Crippen LogP contribution is -2.15. The van der Waals surface area contributed by atoms with Crippen molar-refractivity contribution in [2.75, 3.05) is 17.7 Å². The van der Waals surface area contributed by atoms with E-state index in [1.54, 1.807) is 25.5 Å². The fraction of sp³-hybridized carbons (Fsp3) is 0.200. The number of rotatable bonds is 4. The summed E-state index contributed by atoms with van der Waals surface area (Å²) in [5, 5.41) is 5.92. The van der Waals surface area contributed by atoms with E-state index in [0.29, 0.717) is 11.3 Å². The zero-order chi connectivity index (χ0) is 14.5. The second-order valence-electron chi connectivity index (χ2n) is 4.28. The average molecular weight is 334 g/mol. The molecule has 0 atom stereocenters. The minimum absolute atomic E-state index is 0.145. The van der Waals surface area contributed by atoms with Gasteiger partial charge >= 0.3 is 0 Å². The van der Waals surface area contributed by atoms with Gasteiger partial charge in [-0.25, -0.2) is 0 Å². The molecule has 104 valence electrons. The van der Waals surface area contributed by atoms with Gasteiger partial charge in [-0.2, -0.15) is 0 Å². The van der Waals surface area contributed by atoms with Crippen molar-refractivity contribution < 1.29 is 4.79 Å². The van der Waals surface area contributed by atoms with Crippen LogP contribution in [0.1, 0.15) is 22.8 Å². The zero-order valence-corrected chi connectivity index (χ0v) is 13.0. The molecule has 1 amide bonds. The summed E-state index contributed by atoms with van der Waals surface area (Å²) in [5.41, 5.74) is 3.21. The predicted molar refractivity (Wildman–Crippen MR) is 85.3 cm³/mol. The molecule has 2 aromatic rings. The van der Waals surface area contributed by atoms with Crippen molar-refractivity contribution in [3.05, 3.63) is 52.3 Å². The van der Waals surface area contributed by atoms with Gasteiger partial charge in [-0.3, -0.25) is 9.78 Å². The fourth-order valence-electron chi connectivity index (χ4n) is 1.96. The molecule has 0 spiro atoms. The molecular formula is C15H16BrN3O. The summed E-state index contributed by atoms with van der Waals surface area (Å²) in [5.74, 6) is -0.145. The number of aromatic nitrogens is 1. The smallest absolute Gasteiger partial charge is 0.257 e. The normalized spacial score (nSPS) is 10.2. The molecule has 0 radical (unpaired) electrons. The number of pyridine rings is 1. The lowest BCUT2D eigenvalue weighted by Gasteiger charge is -2.12. The predicted octanol–water partition coefficient (Wildman–Crippen LogP) is 3.70. The van der Waals surface area contributed by atoms with Gasteiger partial charge in [0.25, 0.3) is 5.91 Å². The van der Waals surface area contributed by atoms with Crippen LogP contribution in [0.25, 0.3) is 0 Å². The summed E-state index contributed by atoms with van der Waals surface area (Å²) in [6.07, 6.45) is 4.10. The molecule has 4 nitrogen and oxygen atoms in total. The molecular weight excluding hydrogens is 318 g/mol. The van der Waals surface area contributed by atoms with Crippen LogP contribution in [0.4, 0.5) is 11.4 Å². The van der Waals surface area contributed by atoms with Crippen molar-refractivity contribution in [1.29, 1.82) is 0 Å². The summed E-state index contributed by atoms with van der Waals surface area (Å²) >= 11 is 3.44. The van der Waals surface area contributed by atoms with E-state index in [2.05, 4.69) is 38.5 Å². The third-order valence-corrected chi connectivity index (χ3v) is 3.52. The summed E-state index contributed by atoms with van der Waals surface area (Å²) in [7, 11) is 1.77. The largest absolute Gasteiger partial charge is 0.386 e. The van der Waals surface area contributed by atoms with Crippen molar-refractivity contribution in [1.82, 2.24) is 4.98 Å². The number of carbonyl (C=O) groups excluding carboxylic acids is 1. The number of hydrogen-bond acceptors (Lipinski definition) is 3. The van der Waals surface area contributed by atoms with Gasteiger partial charge in [0.15, 0.2) is 0 Å². The number of anilines is 2. The molecule has 0 aliphatic rings. The fourth-order valence-corrected chi connectivity index (χ4v) is 2.37. The van der Waals surface area contributed by atoms with Gasteiger partial charge < -0.3 is 10.6 Å². The molecule has 5 heteroatoms. The highest BCUT2D eigenvalue weighted by Crippen LogP contribution is 2.23. The zero-order valence-electron chi connectivity index (χ0n) is 11.4. The first-order chi connectivity index (χ1) is 9.65. The Balaban J connectivity index is 2.28. The van der Waals surface area contributed by atoms with Crippen LogP contribution in [0.2, 0.25) is 0 Å². The van der Waals surface area contributed by atoms with Crippen molar-refractivity contribution in [2.24, 2.45) is 0 Å². The van der Waals surface area contributed by atoms with E-state index < -0.39 is 0 Å². The second kappa shape index (κ2) is 6.52. The van der Waals surface area contributed by atoms with Crippen LogP contribution in [0.15, 0.2) is 41.1 Å². The number of carbonyl (C=O) groups is 1. The van der Waals surface area contributed by atoms with E-state index in [1.165, 1.54) is 0 Å². The maximum Gasteiger partial charge on any atom is 0.257 e. The molecule has 0 bridgehead atoms. The molecule has 0 saturated heterocycles. The van der Waals surface area contributed by atoms with Crippen molar-refractivity contribution >= 4 is 33.2 Å². The average Bonchev–Trinajstić information content (AvgIpc) is 2.48. The molecule has 1 aromatic carbocycles. The van der Waals surface area contributed by atoms with Gasteiger partial charge in [0.1, 0.15) is 0 Å². The van der Waals surface area contributed by atoms with Crippen LogP contribution in [0, 0.1) is 0 Å². The number of nitrogens with zero attached hydrogens (tertiary/aromatic N) is 1. The number of benzene rings is 1. The first-order valence-electron chi connectivity index (χ1n) is 6.37. The molecule has 0 aliphatic carbocycles. The van der Waals surface area contributed by atoms with Crippen LogP contribution in [0.5, 0.6) is 0 Å². The van der Waals surface area contributed by atoms with Crippen LogP contribution in [-0.2, 0) is 6.42 Å². The van der Waals surface area contributed by atoms with E-state index in [9.17, 15) is 4.79 Å². The molecule has 20 heavy (non-hydrogen) atoms. The molecule has 1 heterocycles. The van der Waals surface area contributed by atoms with Gasteiger partial charge in [-0.05, 0) is 36.2 Å². The minimum atomic E-state index is -0.145. The second-order valence-corrected chi connectivity index (χ2v) is 5.20. The highest BCUT2D eigenvalue weighted by atomic mass is 79.9. The van der Waals surface area contributed by atoms with Crippen molar-refractivity contribution in [2.45, 2.75) is 13.3 Å². The molecule has 0 saturated carbocycles. The summed E-state index contributed by atoms with van der Waals surface area (Å²) < 4.78 is 1.01. The van der Waals surface area contributed by atoms with Gasteiger partial charge in [0.2, 0.25) is 0 Å². The molecule has 2 rings (SSSR count). The third kappa shape index (κ3) is 3.17. The lowest BCUT2D eigenvalue weighted by atomic mass is 10.1. The Labute approximate surface area is 126 Å². The summed E-state index contributed by atoms with van der Waals surface area (Å²) in [6.45, 7) is 2.06. The Hall–Kier alpha value is -1.88. The maximum atomic E-state index is 12.4. The number of aryl methyl sites for hydroxylation is 1. The number of amides is 1. The highest BCUT2D eigenvalue weighted by Gasteiger charge is 2.12. The molecule has 0 aliphatic heterocycles. The molecule has 0 unspecified atom stereocenters. The highest BCUT2D eigenvalue weighted by molar-refractivity contribution is 9.10. The van der Waals surface area contributed by atoms with Crippen LogP contribution in [-0.4, -0.2) is 17.9 Å². The maximum absolute atomic E-state index is 12.4. The Morgan fingerprint density at radius 2 is 2.10 bits per heavy atom. The van der Waals surface area contributed by atoms with Gasteiger partial charge in [-0.15, -0.1) is 0 Å². The Morgan fingerprint density at radius 1 is 1.30 bits per heavy atom. The lowest BCUT2D eigenvalue weighted by molar-refractivity contribution is 0.102. The molecule has 1 aromatic heterocycles. The first kappa shape index (κ1) is 14.5. The van der Waals surface area contributed by atoms with Crippen LogP contribution < -0.4 is 10.6 Å². The van der Waals surface area contributed by atoms with E-state index in [-0.39, 0.29) is 5.91 Å². The van der Waals surface area contributed by atoms with Crippen molar-refractivity contribution in [3.63, 3.8) is 0 Å². The monoisotopic (exact) mass is 333 g/mol. The van der Waals surface area contributed by atoms with E-state index >= 15 is 0 Å². The summed E-state index contributed by atoms with van der Waals surface area (Å²) in [6, 6.07) is 7.54. The minimum Gasteiger partial charge on any atom is -0.386 e. The van der Waals surface area contributed by atoms with Gasteiger partial charge in [0.05, 0.1) is 17.4 Å².